The molecule has 2 aromatic rings. The third-order valence-corrected chi connectivity index (χ3v) is 2.42. The lowest BCUT2D eigenvalue weighted by molar-refractivity contribution is -0.141. The van der Waals surface area contributed by atoms with E-state index in [4.69, 9.17) is 5.26 Å². The molecule has 0 aliphatic rings. The molecule has 0 unspecified atom stereocenters. The van der Waals surface area contributed by atoms with Crippen molar-refractivity contribution in [3.05, 3.63) is 53.5 Å². The van der Waals surface area contributed by atoms with Crippen molar-refractivity contribution in [3.63, 3.8) is 0 Å². The number of alkyl halides is 3. The van der Waals surface area contributed by atoms with Crippen LogP contribution < -0.4 is 0 Å². The average molecular weight is 266 g/mol. The number of benzene rings is 1. The van der Waals surface area contributed by atoms with Crippen LogP contribution in [0, 0.1) is 17.1 Å². The van der Waals surface area contributed by atoms with Crippen molar-refractivity contribution in [2.45, 2.75) is 6.18 Å². The summed E-state index contributed by atoms with van der Waals surface area (Å²) in [6, 6.07) is 8.30. The Balaban J connectivity index is 2.60. The molecule has 2 rings (SSSR count). The summed E-state index contributed by atoms with van der Waals surface area (Å²) in [7, 11) is 0. The molecule has 6 heteroatoms. The minimum atomic E-state index is -4.59. The summed E-state index contributed by atoms with van der Waals surface area (Å²) in [5.41, 5.74) is -0.952. The molecule has 0 bridgehead atoms. The van der Waals surface area contributed by atoms with Gasteiger partial charge in [0, 0.05) is 5.56 Å². The Kier molecular flexibility index (Phi) is 3.21. The van der Waals surface area contributed by atoms with E-state index >= 15 is 0 Å². The van der Waals surface area contributed by atoms with Crippen LogP contribution in [-0.4, -0.2) is 4.98 Å². The Hall–Kier alpha value is -2.42. The lowest BCUT2D eigenvalue weighted by Gasteiger charge is -2.09. The fourth-order valence-electron chi connectivity index (χ4n) is 1.54. The first-order chi connectivity index (χ1) is 8.91. The second-order valence-corrected chi connectivity index (χ2v) is 3.71. The van der Waals surface area contributed by atoms with Gasteiger partial charge < -0.3 is 0 Å². The van der Waals surface area contributed by atoms with Crippen molar-refractivity contribution >= 4 is 0 Å². The first kappa shape index (κ1) is 13.0. The van der Waals surface area contributed by atoms with Crippen LogP contribution in [0.2, 0.25) is 0 Å². The number of nitriles is 1. The van der Waals surface area contributed by atoms with E-state index in [2.05, 4.69) is 4.98 Å². The topological polar surface area (TPSA) is 36.7 Å². The lowest BCUT2D eigenvalue weighted by atomic mass is 10.1. The maximum Gasteiger partial charge on any atom is 0.433 e. The normalized spacial score (nSPS) is 11.1. The minimum absolute atomic E-state index is 0.000363. The molecule has 0 atom stereocenters. The second-order valence-electron chi connectivity index (χ2n) is 3.71. The zero-order valence-corrected chi connectivity index (χ0v) is 9.37. The fourth-order valence-corrected chi connectivity index (χ4v) is 1.54. The molecule has 0 saturated heterocycles. The summed E-state index contributed by atoms with van der Waals surface area (Å²) >= 11 is 0. The largest absolute Gasteiger partial charge is 0.433 e. The van der Waals surface area contributed by atoms with Crippen molar-refractivity contribution in [2.24, 2.45) is 0 Å². The van der Waals surface area contributed by atoms with Crippen LogP contribution in [0.25, 0.3) is 11.3 Å². The predicted molar refractivity (Wildman–Crippen MR) is 59.3 cm³/mol. The molecule has 0 fully saturated rings. The van der Waals surface area contributed by atoms with Gasteiger partial charge in [-0.2, -0.15) is 18.4 Å². The number of rotatable bonds is 1. The van der Waals surface area contributed by atoms with Gasteiger partial charge in [-0.25, -0.2) is 9.37 Å². The summed E-state index contributed by atoms with van der Waals surface area (Å²) in [5.74, 6) is -0.519. The molecule has 0 spiro atoms. The van der Waals surface area contributed by atoms with Crippen LogP contribution in [0.4, 0.5) is 17.6 Å². The summed E-state index contributed by atoms with van der Waals surface area (Å²) in [6.07, 6.45) is -4.59. The van der Waals surface area contributed by atoms with E-state index in [1.807, 2.05) is 0 Å². The number of halogens is 4. The van der Waals surface area contributed by atoms with Crippen LogP contribution >= 0.6 is 0 Å². The number of hydrogen-bond acceptors (Lipinski definition) is 2. The van der Waals surface area contributed by atoms with Gasteiger partial charge in [-0.05, 0) is 36.4 Å². The van der Waals surface area contributed by atoms with Crippen molar-refractivity contribution < 1.29 is 17.6 Å². The number of hydrogen-bond donors (Lipinski definition) is 0. The lowest BCUT2D eigenvalue weighted by Crippen LogP contribution is -2.09. The number of pyridine rings is 1. The maximum atomic E-state index is 12.8. The zero-order chi connectivity index (χ0) is 14.0. The molecule has 0 aliphatic heterocycles. The highest BCUT2D eigenvalue weighted by molar-refractivity contribution is 5.66. The van der Waals surface area contributed by atoms with Gasteiger partial charge in [-0.1, -0.05) is 0 Å². The van der Waals surface area contributed by atoms with Crippen LogP contribution in [0.3, 0.4) is 0 Å². The molecule has 0 N–H and O–H groups in total. The smallest absolute Gasteiger partial charge is 0.242 e. The van der Waals surface area contributed by atoms with Crippen LogP contribution in [0.15, 0.2) is 36.4 Å². The molecule has 1 heterocycles. The van der Waals surface area contributed by atoms with Gasteiger partial charge >= 0.3 is 6.18 Å². The number of aromatic nitrogens is 1. The quantitative estimate of drug-likeness (QED) is 0.736. The Morgan fingerprint density at radius 3 is 2.16 bits per heavy atom. The van der Waals surface area contributed by atoms with Crippen LogP contribution in [-0.2, 0) is 6.18 Å². The van der Waals surface area contributed by atoms with Gasteiger partial charge in [0.15, 0.2) is 0 Å². The van der Waals surface area contributed by atoms with E-state index in [0.29, 0.717) is 0 Å². The SMILES string of the molecule is N#Cc1ccc(C(F)(F)F)nc1-c1ccc(F)cc1. The number of nitrogens with zero attached hydrogens (tertiary/aromatic N) is 2. The highest BCUT2D eigenvalue weighted by atomic mass is 19.4. The molecule has 2 nitrogen and oxygen atoms in total. The molecule has 0 saturated carbocycles. The van der Waals surface area contributed by atoms with Gasteiger partial charge in [-0.15, -0.1) is 0 Å². The molecule has 1 aromatic carbocycles. The van der Waals surface area contributed by atoms with E-state index in [-0.39, 0.29) is 16.8 Å². The van der Waals surface area contributed by atoms with Crippen molar-refractivity contribution in [3.8, 4) is 17.3 Å². The third-order valence-electron chi connectivity index (χ3n) is 2.42. The van der Waals surface area contributed by atoms with Crippen LogP contribution in [0.1, 0.15) is 11.3 Å². The summed E-state index contributed by atoms with van der Waals surface area (Å²) in [6.45, 7) is 0. The highest BCUT2D eigenvalue weighted by Crippen LogP contribution is 2.31. The standard InChI is InChI=1S/C13H6F4N2/c14-10-4-1-8(2-5-10)12-9(7-18)3-6-11(19-12)13(15,16)17/h1-6H. The average Bonchev–Trinajstić information content (AvgIpc) is 2.38. The van der Waals surface area contributed by atoms with E-state index in [9.17, 15) is 17.6 Å². The molecular formula is C13H6F4N2. The fraction of sp³-hybridized carbons (Fsp3) is 0.0769. The van der Waals surface area contributed by atoms with Crippen LogP contribution in [0.5, 0.6) is 0 Å². The highest BCUT2D eigenvalue weighted by Gasteiger charge is 2.33. The first-order valence-corrected chi connectivity index (χ1v) is 5.16. The maximum absolute atomic E-state index is 12.8. The first-order valence-electron chi connectivity index (χ1n) is 5.16. The molecule has 19 heavy (non-hydrogen) atoms. The Morgan fingerprint density at radius 2 is 1.63 bits per heavy atom. The molecule has 0 amide bonds. The van der Waals surface area contributed by atoms with Gasteiger partial charge in [0.2, 0.25) is 0 Å². The van der Waals surface area contributed by atoms with E-state index in [0.717, 1.165) is 24.3 Å². The zero-order valence-electron chi connectivity index (χ0n) is 9.37. The summed E-state index contributed by atoms with van der Waals surface area (Å²) in [5, 5.41) is 8.88. The van der Waals surface area contributed by atoms with Crippen molar-refractivity contribution in [2.75, 3.05) is 0 Å². The van der Waals surface area contributed by atoms with E-state index in [1.165, 1.54) is 12.1 Å². The van der Waals surface area contributed by atoms with Gasteiger partial charge in [0.1, 0.15) is 17.6 Å². The summed E-state index contributed by atoms with van der Waals surface area (Å²) in [4.78, 5) is 3.44. The van der Waals surface area contributed by atoms with Gasteiger partial charge in [0.05, 0.1) is 11.3 Å². The molecule has 0 aliphatic carbocycles. The van der Waals surface area contributed by atoms with E-state index in [1.54, 1.807) is 6.07 Å². The van der Waals surface area contributed by atoms with Gasteiger partial charge in [0.25, 0.3) is 0 Å². The molecular weight excluding hydrogens is 260 g/mol. The summed E-state index contributed by atoms with van der Waals surface area (Å²) < 4.78 is 50.5. The molecule has 96 valence electrons. The van der Waals surface area contributed by atoms with E-state index < -0.39 is 17.7 Å². The second kappa shape index (κ2) is 4.69. The molecule has 1 aromatic heterocycles. The third kappa shape index (κ3) is 2.71. The predicted octanol–water partition coefficient (Wildman–Crippen LogP) is 3.78. The van der Waals surface area contributed by atoms with Crippen molar-refractivity contribution in [1.29, 1.82) is 5.26 Å². The van der Waals surface area contributed by atoms with Gasteiger partial charge in [-0.3, -0.25) is 0 Å². The Morgan fingerprint density at radius 1 is 1.00 bits per heavy atom. The molecule has 0 radical (unpaired) electrons. The Labute approximate surface area is 105 Å². The monoisotopic (exact) mass is 266 g/mol. The Bertz CT molecular complexity index is 639. The minimum Gasteiger partial charge on any atom is -0.242 e. The van der Waals surface area contributed by atoms with Crippen molar-refractivity contribution in [1.82, 2.24) is 4.98 Å².